The van der Waals surface area contributed by atoms with Gasteiger partial charge in [-0.1, -0.05) is 17.7 Å². The van der Waals surface area contributed by atoms with Crippen LogP contribution in [0.1, 0.15) is 24.3 Å². The highest BCUT2D eigenvalue weighted by atomic mass is 35.5. The largest absolute Gasteiger partial charge is 0.481 e. The number of carboxylic acid groups (broad SMARTS) is 1. The van der Waals surface area contributed by atoms with Crippen LogP contribution >= 0.6 is 11.6 Å². The fourth-order valence-electron chi connectivity index (χ4n) is 1.75. The lowest BCUT2D eigenvalue weighted by Crippen LogP contribution is -2.13. The van der Waals surface area contributed by atoms with Gasteiger partial charge >= 0.3 is 5.97 Å². The summed E-state index contributed by atoms with van der Waals surface area (Å²) in [5.41, 5.74) is 0.506. The lowest BCUT2D eigenvalue weighted by atomic mass is 9.94. The van der Waals surface area contributed by atoms with E-state index in [0.717, 1.165) is 12.8 Å². The van der Waals surface area contributed by atoms with Crippen LogP contribution in [0.4, 0.5) is 4.39 Å². The highest BCUT2D eigenvalue weighted by molar-refractivity contribution is 6.30. The summed E-state index contributed by atoms with van der Waals surface area (Å²) in [5.74, 6) is -1.87. The van der Waals surface area contributed by atoms with Crippen molar-refractivity contribution in [1.29, 1.82) is 0 Å². The third-order valence-corrected chi connectivity index (χ3v) is 2.97. The summed E-state index contributed by atoms with van der Waals surface area (Å²) in [6, 6.07) is 4.21. The van der Waals surface area contributed by atoms with E-state index in [1.807, 2.05) is 0 Å². The van der Waals surface area contributed by atoms with Crippen LogP contribution in [0.15, 0.2) is 18.2 Å². The molecule has 0 bridgehead atoms. The maximum Gasteiger partial charge on any atom is 0.311 e. The van der Waals surface area contributed by atoms with E-state index in [1.165, 1.54) is 12.1 Å². The molecule has 2 nitrogen and oxygen atoms in total. The van der Waals surface area contributed by atoms with Gasteiger partial charge in [0.05, 0.1) is 10.9 Å². The van der Waals surface area contributed by atoms with Crippen molar-refractivity contribution in [3.8, 4) is 0 Å². The van der Waals surface area contributed by atoms with Crippen LogP contribution in [-0.2, 0) is 4.79 Å². The molecule has 0 saturated heterocycles. The first-order chi connectivity index (χ1) is 7.09. The Morgan fingerprint density at radius 1 is 1.53 bits per heavy atom. The summed E-state index contributed by atoms with van der Waals surface area (Å²) in [5, 5.41) is 9.07. The Balaban J connectivity index is 2.33. The molecule has 0 radical (unpaired) electrons. The second-order valence-electron chi connectivity index (χ2n) is 3.83. The van der Waals surface area contributed by atoms with Crippen molar-refractivity contribution < 1.29 is 14.3 Å². The number of carbonyl (C=O) groups is 1. The van der Waals surface area contributed by atoms with E-state index in [4.69, 9.17) is 16.7 Å². The molecule has 1 aromatic rings. The summed E-state index contributed by atoms with van der Waals surface area (Å²) in [6.07, 6.45) is 1.81. The van der Waals surface area contributed by atoms with Crippen LogP contribution in [0.5, 0.6) is 0 Å². The van der Waals surface area contributed by atoms with Crippen LogP contribution in [0.2, 0.25) is 5.02 Å². The molecule has 1 atom stereocenters. The summed E-state index contributed by atoms with van der Waals surface area (Å²) >= 11 is 5.54. The first kappa shape index (κ1) is 10.4. The van der Waals surface area contributed by atoms with E-state index in [2.05, 4.69) is 0 Å². The molecule has 1 fully saturated rings. The molecule has 1 aliphatic carbocycles. The maximum absolute atomic E-state index is 13.2. The minimum atomic E-state index is -0.890. The Morgan fingerprint density at radius 2 is 2.20 bits per heavy atom. The van der Waals surface area contributed by atoms with Crippen molar-refractivity contribution >= 4 is 17.6 Å². The van der Waals surface area contributed by atoms with Crippen LogP contribution in [0.3, 0.4) is 0 Å². The normalized spacial score (nSPS) is 17.5. The van der Waals surface area contributed by atoms with E-state index >= 15 is 0 Å². The zero-order valence-electron chi connectivity index (χ0n) is 7.91. The van der Waals surface area contributed by atoms with E-state index in [0.29, 0.717) is 5.56 Å². The molecule has 0 aromatic heterocycles. The second kappa shape index (κ2) is 3.81. The Morgan fingerprint density at radius 3 is 2.67 bits per heavy atom. The maximum atomic E-state index is 13.2. The van der Waals surface area contributed by atoms with Gasteiger partial charge in [-0.2, -0.15) is 0 Å². The Kier molecular flexibility index (Phi) is 2.65. The molecule has 2 rings (SSSR count). The number of halogens is 2. The zero-order chi connectivity index (χ0) is 11.0. The van der Waals surface area contributed by atoms with Gasteiger partial charge in [0.2, 0.25) is 0 Å². The summed E-state index contributed by atoms with van der Waals surface area (Å²) in [6.45, 7) is 0. The zero-order valence-corrected chi connectivity index (χ0v) is 8.67. The van der Waals surface area contributed by atoms with Gasteiger partial charge in [-0.25, -0.2) is 4.39 Å². The summed E-state index contributed by atoms with van der Waals surface area (Å²) in [7, 11) is 0. The average molecular weight is 229 g/mol. The molecular formula is C11H10ClFO2. The molecule has 0 spiro atoms. The standard InChI is InChI=1S/C11H10ClFO2/c12-8-4-3-7(5-9(8)13)10(11(14)15)6-1-2-6/h3-6,10H,1-2H2,(H,14,15). The van der Waals surface area contributed by atoms with Crippen LogP contribution in [0, 0.1) is 11.7 Å². The highest BCUT2D eigenvalue weighted by Crippen LogP contribution is 2.43. The molecule has 15 heavy (non-hydrogen) atoms. The van der Waals surface area contributed by atoms with Crippen molar-refractivity contribution in [3.05, 3.63) is 34.6 Å². The predicted octanol–water partition coefficient (Wildman–Crippen LogP) is 3.06. The summed E-state index contributed by atoms with van der Waals surface area (Å²) in [4.78, 5) is 11.0. The Bertz CT molecular complexity index is 402. The smallest absolute Gasteiger partial charge is 0.311 e. The number of hydrogen-bond donors (Lipinski definition) is 1. The van der Waals surface area contributed by atoms with Gasteiger partial charge in [-0.15, -0.1) is 0 Å². The third kappa shape index (κ3) is 2.12. The highest BCUT2D eigenvalue weighted by Gasteiger charge is 2.37. The molecule has 1 N–H and O–H groups in total. The second-order valence-corrected chi connectivity index (χ2v) is 4.23. The monoisotopic (exact) mass is 228 g/mol. The van der Waals surface area contributed by atoms with Crippen molar-refractivity contribution in [3.63, 3.8) is 0 Å². The van der Waals surface area contributed by atoms with Crippen molar-refractivity contribution in [2.24, 2.45) is 5.92 Å². The Labute approximate surface area is 91.7 Å². The molecule has 1 saturated carbocycles. The average Bonchev–Trinajstić information content (AvgIpc) is 2.95. The van der Waals surface area contributed by atoms with Crippen LogP contribution < -0.4 is 0 Å². The van der Waals surface area contributed by atoms with Gasteiger partial charge in [0, 0.05) is 0 Å². The number of carboxylic acids is 1. The van der Waals surface area contributed by atoms with E-state index in [1.54, 1.807) is 6.07 Å². The van der Waals surface area contributed by atoms with Crippen molar-refractivity contribution in [2.75, 3.05) is 0 Å². The SMILES string of the molecule is O=C(O)C(c1ccc(Cl)c(F)c1)C1CC1. The number of benzene rings is 1. The first-order valence-corrected chi connectivity index (χ1v) is 5.15. The van der Waals surface area contributed by atoms with Gasteiger partial charge < -0.3 is 5.11 Å². The van der Waals surface area contributed by atoms with Crippen molar-refractivity contribution in [2.45, 2.75) is 18.8 Å². The molecule has 1 aliphatic rings. The van der Waals surface area contributed by atoms with Gasteiger partial charge in [0.15, 0.2) is 0 Å². The Hall–Kier alpha value is -1.09. The third-order valence-electron chi connectivity index (χ3n) is 2.66. The molecule has 4 heteroatoms. The van der Waals surface area contributed by atoms with Gasteiger partial charge in [0.25, 0.3) is 0 Å². The molecule has 0 amide bonds. The fourth-order valence-corrected chi connectivity index (χ4v) is 1.87. The number of aliphatic carboxylic acids is 1. The van der Waals surface area contributed by atoms with Crippen LogP contribution in [-0.4, -0.2) is 11.1 Å². The minimum Gasteiger partial charge on any atom is -0.481 e. The van der Waals surface area contributed by atoms with Crippen LogP contribution in [0.25, 0.3) is 0 Å². The van der Waals surface area contributed by atoms with E-state index in [9.17, 15) is 9.18 Å². The van der Waals surface area contributed by atoms with E-state index < -0.39 is 17.7 Å². The fraction of sp³-hybridized carbons (Fsp3) is 0.364. The minimum absolute atomic E-state index is 0.0266. The topological polar surface area (TPSA) is 37.3 Å². The van der Waals surface area contributed by atoms with Gasteiger partial charge in [-0.3, -0.25) is 4.79 Å². The predicted molar refractivity (Wildman–Crippen MR) is 54.5 cm³/mol. The van der Waals surface area contributed by atoms with Gasteiger partial charge in [-0.05, 0) is 36.5 Å². The lowest BCUT2D eigenvalue weighted by molar-refractivity contribution is -0.139. The number of hydrogen-bond acceptors (Lipinski definition) is 1. The van der Waals surface area contributed by atoms with Crippen molar-refractivity contribution in [1.82, 2.24) is 0 Å². The first-order valence-electron chi connectivity index (χ1n) is 4.77. The molecule has 1 unspecified atom stereocenters. The lowest BCUT2D eigenvalue weighted by Gasteiger charge is -2.11. The molecule has 0 aliphatic heterocycles. The van der Waals surface area contributed by atoms with Gasteiger partial charge in [0.1, 0.15) is 5.82 Å². The van der Waals surface area contributed by atoms with E-state index in [-0.39, 0.29) is 10.9 Å². The molecule has 0 heterocycles. The molecule has 1 aromatic carbocycles. The quantitative estimate of drug-likeness (QED) is 0.863. The molecule has 80 valence electrons. The number of rotatable bonds is 3. The molecular weight excluding hydrogens is 219 g/mol. The summed E-state index contributed by atoms with van der Waals surface area (Å²) < 4.78 is 13.2.